The van der Waals surface area contributed by atoms with E-state index in [9.17, 15) is 14.7 Å². The molecule has 130 valence electrons. The molecule has 2 amide bonds. The number of carboxylic acids is 1. The smallest absolute Gasteiger partial charge is 0.317 e. The van der Waals surface area contributed by atoms with Gasteiger partial charge in [0.15, 0.2) is 0 Å². The van der Waals surface area contributed by atoms with Crippen LogP contribution in [0.3, 0.4) is 0 Å². The molecule has 9 nitrogen and oxygen atoms in total. The summed E-state index contributed by atoms with van der Waals surface area (Å²) in [6.07, 6.45) is 5.81. The largest absolute Gasteiger partial charge is 0.481 e. The number of hydrogen-bond donors (Lipinski definition) is 2. The molecule has 0 radical (unpaired) electrons. The van der Waals surface area contributed by atoms with Crippen molar-refractivity contribution in [1.82, 2.24) is 25.2 Å². The molecule has 1 aromatic rings. The number of carboxylic acid groups (broad SMARTS) is 1. The highest BCUT2D eigenvalue weighted by Crippen LogP contribution is 2.48. The Morgan fingerprint density at radius 1 is 1.38 bits per heavy atom. The Kier molecular flexibility index (Phi) is 3.67. The molecule has 0 aromatic carbocycles. The van der Waals surface area contributed by atoms with Crippen molar-refractivity contribution in [1.29, 1.82) is 0 Å². The van der Waals surface area contributed by atoms with E-state index in [-0.39, 0.29) is 24.0 Å². The number of fused-ring (bicyclic) bond motifs is 1. The Labute approximate surface area is 138 Å². The second kappa shape index (κ2) is 5.73. The predicted molar refractivity (Wildman–Crippen MR) is 81.2 cm³/mol. The minimum Gasteiger partial charge on any atom is -0.481 e. The van der Waals surface area contributed by atoms with Crippen LogP contribution in [0.1, 0.15) is 25.3 Å². The van der Waals surface area contributed by atoms with Crippen molar-refractivity contribution in [2.75, 3.05) is 26.3 Å². The summed E-state index contributed by atoms with van der Waals surface area (Å²) in [5.74, 6) is -0.711. The van der Waals surface area contributed by atoms with Crippen LogP contribution in [-0.4, -0.2) is 69.3 Å². The van der Waals surface area contributed by atoms with Crippen molar-refractivity contribution in [2.24, 2.45) is 11.3 Å². The molecule has 0 spiro atoms. The minimum absolute atomic E-state index is 0.0618. The average Bonchev–Trinajstić information content (AvgIpc) is 3.30. The van der Waals surface area contributed by atoms with Crippen molar-refractivity contribution in [3.63, 3.8) is 0 Å². The highest BCUT2D eigenvalue weighted by Gasteiger charge is 2.56. The third-order valence-corrected chi connectivity index (χ3v) is 5.72. The van der Waals surface area contributed by atoms with E-state index in [0.717, 1.165) is 12.8 Å². The van der Waals surface area contributed by atoms with E-state index in [2.05, 4.69) is 15.6 Å². The summed E-state index contributed by atoms with van der Waals surface area (Å²) in [7, 11) is 0. The number of ether oxygens (including phenoxy) is 1. The monoisotopic (exact) mass is 335 g/mol. The Bertz CT molecular complexity index is 636. The zero-order valence-electron chi connectivity index (χ0n) is 13.3. The maximum atomic E-state index is 12.6. The Hall–Kier alpha value is -2.16. The van der Waals surface area contributed by atoms with Gasteiger partial charge in [-0.05, 0) is 18.8 Å². The standard InChI is InChI=1S/C15H21N5O4/c21-13(22)15-3-1-2-10(15)6-19(9-15)14(23)17-11-7-24-8-12(11)20-5-4-16-18-20/h4-5,10-12H,1-3,6-9H2,(H,17,23)(H,21,22)/t10-,11-,12+,15+/m0/s1. The minimum atomic E-state index is -0.773. The van der Waals surface area contributed by atoms with Gasteiger partial charge in [0.25, 0.3) is 0 Å². The normalized spacial score (nSPS) is 35.2. The van der Waals surface area contributed by atoms with Gasteiger partial charge in [0, 0.05) is 19.3 Å². The Morgan fingerprint density at radius 3 is 2.96 bits per heavy atom. The van der Waals surface area contributed by atoms with Gasteiger partial charge in [-0.1, -0.05) is 11.6 Å². The highest BCUT2D eigenvalue weighted by molar-refractivity contribution is 5.80. The van der Waals surface area contributed by atoms with Gasteiger partial charge in [-0.15, -0.1) is 5.10 Å². The number of aromatic nitrogens is 3. The lowest BCUT2D eigenvalue weighted by Crippen LogP contribution is -2.48. The molecule has 0 bridgehead atoms. The van der Waals surface area contributed by atoms with Crippen LogP contribution in [-0.2, 0) is 9.53 Å². The third-order valence-electron chi connectivity index (χ3n) is 5.72. The quantitative estimate of drug-likeness (QED) is 0.812. The SMILES string of the molecule is O=C(N[C@H]1COC[C@H]1n1ccnn1)N1C[C@@H]2CCC[C@@]2(C(=O)O)C1. The van der Waals surface area contributed by atoms with E-state index < -0.39 is 11.4 Å². The summed E-state index contributed by atoms with van der Waals surface area (Å²) in [6, 6.07) is -0.502. The zero-order chi connectivity index (χ0) is 16.7. The molecule has 2 saturated heterocycles. The summed E-state index contributed by atoms with van der Waals surface area (Å²) >= 11 is 0. The Balaban J connectivity index is 1.43. The maximum Gasteiger partial charge on any atom is 0.317 e. The lowest BCUT2D eigenvalue weighted by atomic mass is 9.81. The zero-order valence-corrected chi connectivity index (χ0v) is 13.3. The van der Waals surface area contributed by atoms with Gasteiger partial charge in [-0.2, -0.15) is 0 Å². The molecule has 9 heteroatoms. The molecule has 4 atom stereocenters. The topological polar surface area (TPSA) is 110 Å². The van der Waals surface area contributed by atoms with Gasteiger partial charge < -0.3 is 20.1 Å². The molecule has 3 aliphatic rings. The molecule has 2 N–H and O–H groups in total. The fourth-order valence-electron chi connectivity index (χ4n) is 4.38. The first kappa shape index (κ1) is 15.4. The highest BCUT2D eigenvalue weighted by atomic mass is 16.5. The van der Waals surface area contributed by atoms with Gasteiger partial charge in [-0.25, -0.2) is 9.48 Å². The van der Waals surface area contributed by atoms with Crippen LogP contribution in [0.4, 0.5) is 4.79 Å². The lowest BCUT2D eigenvalue weighted by molar-refractivity contribution is -0.149. The Morgan fingerprint density at radius 2 is 2.25 bits per heavy atom. The van der Waals surface area contributed by atoms with Gasteiger partial charge in [0.2, 0.25) is 0 Å². The van der Waals surface area contributed by atoms with E-state index in [4.69, 9.17) is 4.74 Å². The van der Waals surface area contributed by atoms with Crippen LogP contribution in [0.2, 0.25) is 0 Å². The molecule has 4 rings (SSSR count). The molecular weight excluding hydrogens is 314 g/mol. The van der Waals surface area contributed by atoms with E-state index >= 15 is 0 Å². The molecule has 3 heterocycles. The fraction of sp³-hybridized carbons (Fsp3) is 0.733. The molecular formula is C15H21N5O4. The van der Waals surface area contributed by atoms with Crippen molar-refractivity contribution < 1.29 is 19.4 Å². The van der Waals surface area contributed by atoms with Crippen LogP contribution in [0.15, 0.2) is 12.4 Å². The first-order valence-electron chi connectivity index (χ1n) is 8.32. The van der Waals surface area contributed by atoms with E-state index in [1.807, 2.05) is 0 Å². The molecule has 1 saturated carbocycles. The molecule has 0 unspecified atom stereocenters. The second-order valence-corrected chi connectivity index (χ2v) is 6.97. The molecule has 3 fully saturated rings. The number of nitrogens with one attached hydrogen (secondary N) is 1. The van der Waals surface area contributed by atoms with Gasteiger partial charge >= 0.3 is 12.0 Å². The number of amides is 2. The van der Waals surface area contributed by atoms with Crippen LogP contribution in [0, 0.1) is 11.3 Å². The molecule has 24 heavy (non-hydrogen) atoms. The van der Waals surface area contributed by atoms with E-state index in [1.54, 1.807) is 22.0 Å². The summed E-state index contributed by atoms with van der Waals surface area (Å²) < 4.78 is 7.16. The number of urea groups is 1. The fourth-order valence-corrected chi connectivity index (χ4v) is 4.38. The van der Waals surface area contributed by atoms with Crippen molar-refractivity contribution in [2.45, 2.75) is 31.3 Å². The first-order valence-corrected chi connectivity index (χ1v) is 8.32. The average molecular weight is 335 g/mol. The van der Waals surface area contributed by atoms with Crippen LogP contribution in [0.25, 0.3) is 0 Å². The van der Waals surface area contributed by atoms with Gasteiger partial charge in [-0.3, -0.25) is 4.79 Å². The third kappa shape index (κ3) is 2.34. The summed E-state index contributed by atoms with van der Waals surface area (Å²) in [4.78, 5) is 26.0. The van der Waals surface area contributed by atoms with Crippen molar-refractivity contribution in [3.8, 4) is 0 Å². The summed E-state index contributed by atoms with van der Waals surface area (Å²) in [5.41, 5.74) is -0.755. The van der Waals surface area contributed by atoms with Crippen LogP contribution >= 0.6 is 0 Å². The van der Waals surface area contributed by atoms with Crippen molar-refractivity contribution in [3.05, 3.63) is 12.4 Å². The van der Waals surface area contributed by atoms with E-state index in [0.29, 0.717) is 32.7 Å². The number of carbonyl (C=O) groups is 2. The lowest BCUT2D eigenvalue weighted by Gasteiger charge is -2.25. The first-order chi connectivity index (χ1) is 11.6. The van der Waals surface area contributed by atoms with E-state index in [1.165, 1.54) is 0 Å². The van der Waals surface area contributed by atoms with Crippen LogP contribution in [0.5, 0.6) is 0 Å². The summed E-state index contributed by atoms with van der Waals surface area (Å²) in [6.45, 7) is 1.69. The number of hydrogen-bond acceptors (Lipinski definition) is 5. The number of rotatable bonds is 3. The summed E-state index contributed by atoms with van der Waals surface area (Å²) in [5, 5.41) is 20.4. The number of carbonyl (C=O) groups excluding carboxylic acids is 1. The van der Waals surface area contributed by atoms with Gasteiger partial charge in [0.1, 0.15) is 0 Å². The van der Waals surface area contributed by atoms with Crippen molar-refractivity contribution >= 4 is 12.0 Å². The number of likely N-dealkylation sites (tertiary alicyclic amines) is 1. The number of aliphatic carboxylic acids is 1. The molecule has 1 aliphatic carbocycles. The maximum absolute atomic E-state index is 12.6. The molecule has 2 aliphatic heterocycles. The van der Waals surface area contributed by atoms with Crippen LogP contribution < -0.4 is 5.32 Å². The predicted octanol–water partition coefficient (Wildman–Crippen LogP) is 0.114. The second-order valence-electron chi connectivity index (χ2n) is 6.97. The molecule has 1 aromatic heterocycles. The number of nitrogens with zero attached hydrogens (tertiary/aromatic N) is 4. The van der Waals surface area contributed by atoms with Gasteiger partial charge in [0.05, 0.1) is 36.9 Å².